The number of carbonyl (C=O) groups is 1. The molecule has 0 saturated heterocycles. The number of nitrogens with one attached hydrogen (secondary N) is 1. The van der Waals surface area contributed by atoms with Gasteiger partial charge in [0.25, 0.3) is 0 Å². The Morgan fingerprint density at radius 3 is 2.58 bits per heavy atom. The molecule has 1 amide bonds. The van der Waals surface area contributed by atoms with E-state index in [0.717, 1.165) is 23.9 Å². The summed E-state index contributed by atoms with van der Waals surface area (Å²) in [6, 6.07) is 11.8. The van der Waals surface area contributed by atoms with Crippen molar-refractivity contribution < 1.29 is 4.79 Å². The van der Waals surface area contributed by atoms with Crippen molar-refractivity contribution in [3.8, 4) is 5.69 Å². The van der Waals surface area contributed by atoms with Crippen molar-refractivity contribution in [2.24, 2.45) is 17.3 Å². The van der Waals surface area contributed by atoms with Crippen LogP contribution >= 0.6 is 15.9 Å². The van der Waals surface area contributed by atoms with E-state index in [4.69, 9.17) is 0 Å². The highest BCUT2D eigenvalue weighted by atomic mass is 79.9. The number of amides is 1. The highest BCUT2D eigenvalue weighted by molar-refractivity contribution is 9.10. The minimum Gasteiger partial charge on any atom is -0.309 e. The van der Waals surface area contributed by atoms with E-state index in [1.165, 1.54) is 32.1 Å². The Bertz CT molecular complexity index is 817. The molecule has 4 saturated carbocycles. The molecular formula is C21H24BrN3O. The third kappa shape index (κ3) is 3.00. The highest BCUT2D eigenvalue weighted by Gasteiger charge is 2.57. The van der Waals surface area contributed by atoms with Gasteiger partial charge >= 0.3 is 0 Å². The average molecular weight is 414 g/mol. The first-order valence-corrected chi connectivity index (χ1v) is 10.4. The molecule has 0 radical (unpaired) electrons. The van der Waals surface area contributed by atoms with Crippen LogP contribution in [0.2, 0.25) is 0 Å². The first kappa shape index (κ1) is 16.5. The van der Waals surface area contributed by atoms with E-state index >= 15 is 0 Å². The number of benzene rings is 1. The lowest BCUT2D eigenvalue weighted by molar-refractivity contribution is -0.123. The Labute approximate surface area is 162 Å². The molecule has 1 heterocycles. The molecular weight excluding hydrogens is 390 g/mol. The van der Waals surface area contributed by atoms with E-state index in [9.17, 15) is 4.79 Å². The lowest BCUT2D eigenvalue weighted by Crippen LogP contribution is -2.53. The van der Waals surface area contributed by atoms with Gasteiger partial charge in [0.1, 0.15) is 0 Å². The zero-order valence-electron chi connectivity index (χ0n) is 14.8. The Hall–Kier alpha value is -1.62. The molecule has 1 N–H and O–H groups in total. The Balaban J connectivity index is 1.28. The number of para-hydroxylation sites is 1. The van der Waals surface area contributed by atoms with Gasteiger partial charge in [-0.25, -0.2) is 4.68 Å². The number of halogens is 1. The molecule has 4 bridgehead atoms. The second kappa shape index (κ2) is 5.95. The molecule has 4 nitrogen and oxygen atoms in total. The van der Waals surface area contributed by atoms with Gasteiger partial charge in [-0.05, 0) is 67.9 Å². The van der Waals surface area contributed by atoms with Crippen LogP contribution in [0.25, 0.3) is 5.69 Å². The summed E-state index contributed by atoms with van der Waals surface area (Å²) in [5.41, 5.74) is 1.19. The summed E-state index contributed by atoms with van der Waals surface area (Å²) < 4.78 is 2.10. The third-order valence-corrected chi connectivity index (χ3v) is 7.45. The zero-order chi connectivity index (χ0) is 17.8. The van der Waals surface area contributed by atoms with Crippen molar-refractivity contribution in [2.45, 2.75) is 49.3 Å². The minimum atomic E-state index is 0.112. The van der Waals surface area contributed by atoms with Gasteiger partial charge in [-0.3, -0.25) is 4.79 Å². The summed E-state index contributed by atoms with van der Waals surface area (Å²) in [5.74, 6) is 2.36. The van der Waals surface area contributed by atoms with Gasteiger partial charge in [0, 0.05) is 23.0 Å². The maximum Gasteiger partial charge on any atom is 0.226 e. The zero-order valence-corrected chi connectivity index (χ0v) is 16.4. The maximum atomic E-state index is 12.8. The van der Waals surface area contributed by atoms with Gasteiger partial charge in [0.05, 0.1) is 5.69 Å². The summed E-state index contributed by atoms with van der Waals surface area (Å²) >= 11 is 4.03. The largest absolute Gasteiger partial charge is 0.309 e. The fraction of sp³-hybridized carbons (Fsp3) is 0.524. The Kier molecular flexibility index (Phi) is 3.78. The molecule has 6 rings (SSSR count). The number of hydrogen-bond acceptors (Lipinski definition) is 2. The third-order valence-electron chi connectivity index (χ3n) is 6.52. The van der Waals surface area contributed by atoms with Crippen molar-refractivity contribution in [1.82, 2.24) is 9.78 Å². The van der Waals surface area contributed by atoms with Gasteiger partial charge in [0.15, 0.2) is 5.82 Å². The fourth-order valence-electron chi connectivity index (χ4n) is 6.19. The molecule has 2 aromatic rings. The van der Waals surface area contributed by atoms with Crippen LogP contribution in [-0.2, 0) is 4.79 Å². The summed E-state index contributed by atoms with van der Waals surface area (Å²) in [4.78, 5) is 12.8. The number of rotatable bonds is 4. The van der Waals surface area contributed by atoms with Gasteiger partial charge in [-0.1, -0.05) is 34.1 Å². The molecule has 2 unspecified atom stereocenters. The van der Waals surface area contributed by atoms with E-state index in [1.807, 2.05) is 42.6 Å². The van der Waals surface area contributed by atoms with Crippen molar-refractivity contribution in [3.05, 3.63) is 42.6 Å². The Morgan fingerprint density at radius 2 is 1.88 bits per heavy atom. The van der Waals surface area contributed by atoms with E-state index in [-0.39, 0.29) is 11.3 Å². The summed E-state index contributed by atoms with van der Waals surface area (Å²) in [7, 11) is 0. The van der Waals surface area contributed by atoms with Gasteiger partial charge in [-0.15, -0.1) is 0 Å². The quantitative estimate of drug-likeness (QED) is 0.721. The van der Waals surface area contributed by atoms with Gasteiger partial charge in [-0.2, -0.15) is 5.10 Å². The number of anilines is 1. The van der Waals surface area contributed by atoms with Crippen molar-refractivity contribution >= 4 is 27.7 Å². The standard InChI is InChI=1S/C21H24BrN3O/c22-21-11-15-8-16(12-21)10-20(9-15,14-21)13-19(26)23-18-6-7-25(24-18)17-4-2-1-3-5-17/h1-7,15-16H,8-14H2,(H,23,24,26). The van der Waals surface area contributed by atoms with Gasteiger partial charge < -0.3 is 5.32 Å². The fourth-order valence-corrected chi connectivity index (χ4v) is 7.70. The molecule has 1 aromatic carbocycles. The summed E-state index contributed by atoms with van der Waals surface area (Å²) in [5, 5.41) is 7.54. The van der Waals surface area contributed by atoms with Crippen molar-refractivity contribution in [2.75, 3.05) is 5.32 Å². The van der Waals surface area contributed by atoms with Crippen molar-refractivity contribution in [3.63, 3.8) is 0 Å². The van der Waals surface area contributed by atoms with Crippen LogP contribution in [0, 0.1) is 17.3 Å². The molecule has 2 atom stereocenters. The summed E-state index contributed by atoms with van der Waals surface area (Å²) in [6.07, 6.45) is 10.1. The summed E-state index contributed by atoms with van der Waals surface area (Å²) in [6.45, 7) is 0. The number of alkyl halides is 1. The van der Waals surface area contributed by atoms with E-state index in [1.54, 1.807) is 4.68 Å². The van der Waals surface area contributed by atoms with Gasteiger partial charge in [0.2, 0.25) is 5.91 Å². The molecule has 26 heavy (non-hydrogen) atoms. The van der Waals surface area contributed by atoms with E-state index < -0.39 is 0 Å². The van der Waals surface area contributed by atoms with Crippen LogP contribution in [0.4, 0.5) is 5.82 Å². The second-order valence-electron chi connectivity index (χ2n) is 8.82. The van der Waals surface area contributed by atoms with Crippen LogP contribution in [0.1, 0.15) is 44.9 Å². The van der Waals surface area contributed by atoms with E-state index in [0.29, 0.717) is 16.6 Å². The topological polar surface area (TPSA) is 46.9 Å². The number of hydrogen-bond donors (Lipinski definition) is 1. The SMILES string of the molecule is O=C(CC12CC3CC(CC(Br)(C3)C1)C2)Nc1ccn(-c2ccccc2)n1. The van der Waals surface area contributed by atoms with Crippen molar-refractivity contribution in [1.29, 1.82) is 0 Å². The first-order valence-electron chi connectivity index (χ1n) is 9.61. The lowest BCUT2D eigenvalue weighted by Gasteiger charge is -2.60. The average Bonchev–Trinajstić information content (AvgIpc) is 3.01. The molecule has 136 valence electrons. The van der Waals surface area contributed by atoms with Crippen LogP contribution in [0.15, 0.2) is 42.6 Å². The normalized spacial score (nSPS) is 34.8. The number of nitrogens with zero attached hydrogens (tertiary/aromatic N) is 2. The second-order valence-corrected chi connectivity index (χ2v) is 10.5. The molecule has 4 fully saturated rings. The van der Waals surface area contributed by atoms with Crippen LogP contribution < -0.4 is 5.32 Å². The highest BCUT2D eigenvalue weighted by Crippen LogP contribution is 2.65. The first-order chi connectivity index (χ1) is 12.5. The maximum absolute atomic E-state index is 12.8. The predicted molar refractivity (Wildman–Crippen MR) is 106 cm³/mol. The molecule has 0 spiro atoms. The minimum absolute atomic E-state index is 0.112. The van der Waals surface area contributed by atoms with Crippen LogP contribution in [0.5, 0.6) is 0 Å². The lowest BCUT2D eigenvalue weighted by atomic mass is 9.48. The number of aromatic nitrogens is 2. The smallest absolute Gasteiger partial charge is 0.226 e. The molecule has 0 aliphatic heterocycles. The molecule has 4 aliphatic carbocycles. The molecule has 5 heteroatoms. The predicted octanol–water partition coefficient (Wildman–Crippen LogP) is 4.93. The van der Waals surface area contributed by atoms with Crippen LogP contribution in [0.3, 0.4) is 0 Å². The van der Waals surface area contributed by atoms with Crippen LogP contribution in [-0.4, -0.2) is 20.0 Å². The Morgan fingerprint density at radius 1 is 1.15 bits per heavy atom. The molecule has 4 aliphatic rings. The molecule has 1 aromatic heterocycles. The number of carbonyl (C=O) groups excluding carboxylic acids is 1. The van der Waals surface area contributed by atoms with E-state index in [2.05, 4.69) is 26.3 Å². The monoisotopic (exact) mass is 413 g/mol.